The standard InChI is InChI=1S/C21H22BClN6S/c22-16-12-25-29-19(11-18(27-21(16)29)15-3-1-2-4-17(15)23)26-14-5-8-28(9-6-14)13-20-24-7-10-30-20/h1-4,7,10-12,14,26H,5-6,8-9,13,22H2. The highest BCUT2D eigenvalue weighted by molar-refractivity contribution is 7.09. The highest BCUT2D eigenvalue weighted by Gasteiger charge is 2.21. The molecule has 0 spiro atoms. The van der Waals surface area contributed by atoms with E-state index in [1.807, 2.05) is 54.4 Å². The average molecular weight is 437 g/mol. The smallest absolute Gasteiger partial charge is 0.151 e. The van der Waals surface area contributed by atoms with Crippen molar-refractivity contribution in [1.29, 1.82) is 0 Å². The summed E-state index contributed by atoms with van der Waals surface area (Å²) < 4.78 is 1.90. The third kappa shape index (κ3) is 3.95. The van der Waals surface area contributed by atoms with Gasteiger partial charge in [0, 0.05) is 53.6 Å². The lowest BCUT2D eigenvalue weighted by Crippen LogP contribution is -2.39. The largest absolute Gasteiger partial charge is 0.367 e. The second kappa shape index (κ2) is 8.37. The second-order valence-electron chi connectivity index (χ2n) is 7.69. The van der Waals surface area contributed by atoms with Gasteiger partial charge in [0.25, 0.3) is 0 Å². The number of nitrogens with one attached hydrogen (secondary N) is 1. The lowest BCUT2D eigenvalue weighted by Gasteiger charge is -2.32. The maximum atomic E-state index is 6.45. The van der Waals surface area contributed by atoms with Gasteiger partial charge in [-0.3, -0.25) is 4.90 Å². The van der Waals surface area contributed by atoms with Gasteiger partial charge >= 0.3 is 0 Å². The molecule has 0 atom stereocenters. The Hall–Kier alpha value is -2.42. The Morgan fingerprint density at radius 1 is 1.23 bits per heavy atom. The van der Waals surface area contributed by atoms with Crippen LogP contribution in [0.5, 0.6) is 0 Å². The number of piperidine rings is 1. The Morgan fingerprint density at radius 2 is 2.07 bits per heavy atom. The van der Waals surface area contributed by atoms with Crippen molar-refractivity contribution in [2.24, 2.45) is 0 Å². The van der Waals surface area contributed by atoms with Crippen LogP contribution in [0.4, 0.5) is 5.82 Å². The van der Waals surface area contributed by atoms with E-state index in [9.17, 15) is 0 Å². The molecule has 1 aliphatic rings. The van der Waals surface area contributed by atoms with Crippen LogP contribution >= 0.6 is 22.9 Å². The van der Waals surface area contributed by atoms with E-state index in [0.717, 1.165) is 60.7 Å². The Bertz CT molecular complexity index is 1150. The molecule has 0 unspecified atom stereocenters. The topological polar surface area (TPSA) is 58.4 Å². The molecule has 1 saturated heterocycles. The highest BCUT2D eigenvalue weighted by Crippen LogP contribution is 2.29. The molecule has 1 aliphatic heterocycles. The van der Waals surface area contributed by atoms with Crippen molar-refractivity contribution in [3.63, 3.8) is 0 Å². The molecule has 3 aromatic heterocycles. The van der Waals surface area contributed by atoms with Crippen molar-refractivity contribution >= 4 is 47.7 Å². The molecule has 1 aromatic carbocycles. The van der Waals surface area contributed by atoms with E-state index < -0.39 is 0 Å². The number of benzene rings is 1. The molecule has 30 heavy (non-hydrogen) atoms. The summed E-state index contributed by atoms with van der Waals surface area (Å²) in [6.07, 6.45) is 5.90. The number of rotatable bonds is 5. The van der Waals surface area contributed by atoms with E-state index in [-0.39, 0.29) is 0 Å². The van der Waals surface area contributed by atoms with E-state index >= 15 is 0 Å². The van der Waals surface area contributed by atoms with Crippen LogP contribution in [-0.4, -0.2) is 51.5 Å². The zero-order chi connectivity index (χ0) is 20.5. The summed E-state index contributed by atoms with van der Waals surface area (Å²) in [5.74, 6) is 0.960. The SMILES string of the molecule is Bc1cnn2c(NC3CCN(Cc4nccs4)CC3)cc(-c3ccccc3Cl)nc12. The lowest BCUT2D eigenvalue weighted by molar-refractivity contribution is 0.211. The molecule has 152 valence electrons. The third-order valence-electron chi connectivity index (χ3n) is 5.58. The van der Waals surface area contributed by atoms with Crippen molar-refractivity contribution in [3.8, 4) is 11.3 Å². The minimum atomic E-state index is 0.395. The number of aromatic nitrogens is 4. The first kappa shape index (κ1) is 19.5. The second-order valence-corrected chi connectivity index (χ2v) is 9.08. The molecule has 5 rings (SSSR count). The van der Waals surface area contributed by atoms with Crippen molar-refractivity contribution in [2.45, 2.75) is 25.4 Å². The van der Waals surface area contributed by atoms with E-state index in [1.165, 1.54) is 5.01 Å². The summed E-state index contributed by atoms with van der Waals surface area (Å²) in [5, 5.41) is 12.2. The summed E-state index contributed by atoms with van der Waals surface area (Å²) in [5.41, 5.74) is 3.70. The predicted molar refractivity (Wildman–Crippen MR) is 126 cm³/mol. The fourth-order valence-corrected chi connectivity index (χ4v) is 4.84. The van der Waals surface area contributed by atoms with Crippen LogP contribution in [0, 0.1) is 0 Å². The Kier molecular flexibility index (Phi) is 5.46. The quantitative estimate of drug-likeness (QED) is 0.488. The summed E-state index contributed by atoms with van der Waals surface area (Å²) in [4.78, 5) is 11.7. The van der Waals surface area contributed by atoms with Crippen LogP contribution in [0.3, 0.4) is 0 Å². The molecule has 9 heteroatoms. The van der Waals surface area contributed by atoms with Gasteiger partial charge in [0.05, 0.1) is 12.2 Å². The molecule has 4 aromatic rings. The number of hydrogen-bond acceptors (Lipinski definition) is 6. The summed E-state index contributed by atoms with van der Waals surface area (Å²) in [6.45, 7) is 3.06. The maximum absolute atomic E-state index is 6.45. The number of anilines is 1. The van der Waals surface area contributed by atoms with Gasteiger partial charge in [-0.2, -0.15) is 9.61 Å². The van der Waals surface area contributed by atoms with Crippen molar-refractivity contribution in [2.75, 3.05) is 18.4 Å². The van der Waals surface area contributed by atoms with Gasteiger partial charge in [0.15, 0.2) is 5.65 Å². The van der Waals surface area contributed by atoms with Crippen LogP contribution in [0.25, 0.3) is 16.9 Å². The third-order valence-corrected chi connectivity index (χ3v) is 6.67. The van der Waals surface area contributed by atoms with Crippen LogP contribution in [0.15, 0.2) is 48.1 Å². The zero-order valence-corrected chi connectivity index (χ0v) is 18.3. The molecule has 6 nitrogen and oxygen atoms in total. The van der Waals surface area contributed by atoms with Gasteiger partial charge in [-0.15, -0.1) is 11.3 Å². The molecule has 0 radical (unpaired) electrons. The van der Waals surface area contributed by atoms with Gasteiger partial charge in [-0.1, -0.05) is 29.8 Å². The minimum Gasteiger partial charge on any atom is -0.367 e. The first-order valence-electron chi connectivity index (χ1n) is 10.1. The normalized spacial score (nSPS) is 15.6. The highest BCUT2D eigenvalue weighted by atomic mass is 35.5. The van der Waals surface area contributed by atoms with Crippen molar-refractivity contribution < 1.29 is 0 Å². The van der Waals surface area contributed by atoms with Crippen molar-refractivity contribution in [3.05, 3.63) is 58.1 Å². The summed E-state index contributed by atoms with van der Waals surface area (Å²) in [6, 6.07) is 10.3. The van der Waals surface area contributed by atoms with Gasteiger partial charge < -0.3 is 5.32 Å². The van der Waals surface area contributed by atoms with Gasteiger partial charge in [-0.05, 0) is 24.4 Å². The molecule has 0 bridgehead atoms. The number of thiazole rings is 1. The van der Waals surface area contributed by atoms with E-state index in [4.69, 9.17) is 16.6 Å². The summed E-state index contributed by atoms with van der Waals surface area (Å²) in [7, 11) is 2.03. The van der Waals surface area contributed by atoms with Crippen LogP contribution in [0.2, 0.25) is 5.02 Å². The van der Waals surface area contributed by atoms with Crippen molar-refractivity contribution in [1.82, 2.24) is 24.5 Å². The van der Waals surface area contributed by atoms with E-state index in [0.29, 0.717) is 11.1 Å². The minimum absolute atomic E-state index is 0.395. The Labute approximate surface area is 185 Å². The number of nitrogens with zero attached hydrogens (tertiary/aromatic N) is 5. The average Bonchev–Trinajstić information content (AvgIpc) is 3.40. The fraction of sp³-hybridized carbons (Fsp3) is 0.286. The first-order chi connectivity index (χ1) is 14.7. The van der Waals surface area contributed by atoms with Crippen LogP contribution in [-0.2, 0) is 6.54 Å². The number of hydrogen-bond donors (Lipinski definition) is 1. The molecule has 0 saturated carbocycles. The fourth-order valence-electron chi connectivity index (χ4n) is 3.95. The molecule has 1 fully saturated rings. The monoisotopic (exact) mass is 436 g/mol. The van der Waals surface area contributed by atoms with Crippen LogP contribution < -0.4 is 10.8 Å². The molecule has 1 N–H and O–H groups in total. The molecule has 4 heterocycles. The molecular weight excluding hydrogens is 415 g/mol. The van der Waals surface area contributed by atoms with E-state index in [2.05, 4.69) is 26.4 Å². The number of halogens is 1. The number of fused-ring (bicyclic) bond motifs is 1. The lowest BCUT2D eigenvalue weighted by atomic mass is 10.0. The zero-order valence-electron chi connectivity index (χ0n) is 16.8. The maximum Gasteiger partial charge on any atom is 0.151 e. The predicted octanol–water partition coefficient (Wildman–Crippen LogP) is 2.84. The van der Waals surface area contributed by atoms with Gasteiger partial charge in [-0.25, -0.2) is 9.97 Å². The van der Waals surface area contributed by atoms with E-state index in [1.54, 1.807) is 11.3 Å². The summed E-state index contributed by atoms with van der Waals surface area (Å²) >= 11 is 8.18. The molecular formula is C21H22BClN6S. The first-order valence-corrected chi connectivity index (χ1v) is 11.4. The Morgan fingerprint density at radius 3 is 2.83 bits per heavy atom. The van der Waals surface area contributed by atoms with Gasteiger partial charge in [0.2, 0.25) is 0 Å². The number of likely N-dealkylation sites (tertiary alicyclic amines) is 1. The molecule has 0 aliphatic carbocycles. The Balaban J connectivity index is 1.37. The molecule has 0 amide bonds. The van der Waals surface area contributed by atoms with Crippen LogP contribution in [0.1, 0.15) is 17.8 Å². The van der Waals surface area contributed by atoms with Gasteiger partial charge in [0.1, 0.15) is 18.7 Å².